The number of aliphatic imine (C=N–C) groups is 1. The van der Waals surface area contributed by atoms with Crippen molar-refractivity contribution >= 4 is 11.5 Å². The molecule has 2 nitrogen and oxygen atoms in total. The normalized spacial score (nSPS) is 17.1. The van der Waals surface area contributed by atoms with E-state index in [4.69, 9.17) is 0 Å². The van der Waals surface area contributed by atoms with Crippen molar-refractivity contribution in [1.82, 2.24) is 0 Å². The van der Waals surface area contributed by atoms with Gasteiger partial charge in [-0.15, -0.1) is 0 Å². The number of hydrogen-bond acceptors (Lipinski definition) is 2. The van der Waals surface area contributed by atoms with E-state index >= 15 is 0 Å². The molecule has 0 unspecified atom stereocenters. The van der Waals surface area contributed by atoms with Gasteiger partial charge in [-0.1, -0.05) is 0 Å². The van der Waals surface area contributed by atoms with E-state index < -0.39 is 0 Å². The molecular weight excluding hydrogens is 114 g/mol. The molecule has 0 spiro atoms. The van der Waals surface area contributed by atoms with Crippen molar-refractivity contribution in [3.63, 3.8) is 0 Å². The monoisotopic (exact) mass is 123 g/mol. The molecule has 1 aliphatic heterocycles. The molecule has 0 N–H and O–H groups in total. The van der Waals surface area contributed by atoms with Gasteiger partial charge in [0.25, 0.3) is 0 Å². The Kier molecular flexibility index (Phi) is 1.47. The quantitative estimate of drug-likeness (QED) is 0.517. The summed E-state index contributed by atoms with van der Waals surface area (Å²) in [5.74, 6) is 0.0619. The second-order valence-electron chi connectivity index (χ2n) is 2.20. The van der Waals surface area contributed by atoms with Crippen LogP contribution in [-0.2, 0) is 4.79 Å². The van der Waals surface area contributed by atoms with Crippen molar-refractivity contribution in [3.05, 3.63) is 11.8 Å². The first-order valence-electron chi connectivity index (χ1n) is 2.95. The highest BCUT2D eigenvalue weighted by Gasteiger charge is 2.07. The average Bonchev–Trinajstić information content (AvgIpc) is 2.14. The number of ketones is 1. The number of hydrogen-bond donors (Lipinski definition) is 0. The number of Topliss-reactive ketones (excluding diaryl/α,β-unsaturated/α-hetero) is 1. The Morgan fingerprint density at radius 1 is 1.78 bits per heavy atom. The first kappa shape index (κ1) is 6.20. The third-order valence-electron chi connectivity index (χ3n) is 1.26. The predicted octanol–water partition coefficient (Wildman–Crippen LogP) is 1.32. The smallest absolute Gasteiger partial charge is 0.177 e. The fourth-order valence-electron chi connectivity index (χ4n) is 0.764. The van der Waals surface area contributed by atoms with Gasteiger partial charge in [0.2, 0.25) is 0 Å². The van der Waals surface area contributed by atoms with Gasteiger partial charge in [0.1, 0.15) is 5.70 Å². The van der Waals surface area contributed by atoms with Crippen LogP contribution >= 0.6 is 0 Å². The maximum Gasteiger partial charge on any atom is 0.177 e. The van der Waals surface area contributed by atoms with Gasteiger partial charge in [-0.3, -0.25) is 9.79 Å². The minimum absolute atomic E-state index is 0.0619. The Morgan fingerprint density at radius 2 is 2.44 bits per heavy atom. The molecule has 1 rings (SSSR count). The Morgan fingerprint density at radius 3 is 2.67 bits per heavy atom. The highest BCUT2D eigenvalue weighted by atomic mass is 16.1. The summed E-state index contributed by atoms with van der Waals surface area (Å²) in [7, 11) is 0. The van der Waals surface area contributed by atoms with Crippen LogP contribution in [0, 0.1) is 0 Å². The highest BCUT2D eigenvalue weighted by Crippen LogP contribution is 2.09. The van der Waals surface area contributed by atoms with Crippen molar-refractivity contribution in [3.8, 4) is 0 Å². The van der Waals surface area contributed by atoms with Gasteiger partial charge < -0.3 is 0 Å². The molecule has 0 saturated carbocycles. The number of carbonyl (C=O) groups excluding carboxylic acids is 1. The largest absolute Gasteiger partial charge is 0.293 e. The molecule has 0 amide bonds. The molecule has 0 aliphatic carbocycles. The van der Waals surface area contributed by atoms with E-state index in [1.165, 1.54) is 6.92 Å². The van der Waals surface area contributed by atoms with Crippen molar-refractivity contribution in [2.75, 3.05) is 0 Å². The van der Waals surface area contributed by atoms with Crippen LogP contribution < -0.4 is 0 Å². The summed E-state index contributed by atoms with van der Waals surface area (Å²) in [4.78, 5) is 14.6. The third-order valence-corrected chi connectivity index (χ3v) is 1.26. The summed E-state index contributed by atoms with van der Waals surface area (Å²) in [6.07, 6.45) is 2.70. The number of rotatable bonds is 1. The molecular formula is C7H9NO. The molecule has 0 atom stereocenters. The second kappa shape index (κ2) is 2.13. The van der Waals surface area contributed by atoms with Crippen LogP contribution in [0.2, 0.25) is 0 Å². The van der Waals surface area contributed by atoms with E-state index in [9.17, 15) is 4.79 Å². The lowest BCUT2D eigenvalue weighted by Gasteiger charge is -1.85. The van der Waals surface area contributed by atoms with Crippen LogP contribution in [0.5, 0.6) is 0 Å². The van der Waals surface area contributed by atoms with Crippen LogP contribution in [0.4, 0.5) is 0 Å². The molecule has 2 heteroatoms. The maximum atomic E-state index is 10.6. The third kappa shape index (κ3) is 1.25. The first-order valence-corrected chi connectivity index (χ1v) is 2.95. The lowest BCUT2D eigenvalue weighted by molar-refractivity contribution is -0.113. The van der Waals surface area contributed by atoms with Gasteiger partial charge in [0, 0.05) is 19.1 Å². The summed E-state index contributed by atoms with van der Waals surface area (Å²) in [5.41, 5.74) is 1.65. The van der Waals surface area contributed by atoms with Crippen LogP contribution in [0.25, 0.3) is 0 Å². The minimum Gasteiger partial charge on any atom is -0.293 e. The molecule has 0 radical (unpaired) electrons. The van der Waals surface area contributed by atoms with Gasteiger partial charge >= 0.3 is 0 Å². The van der Waals surface area contributed by atoms with Gasteiger partial charge in [0.15, 0.2) is 5.78 Å². The Hall–Kier alpha value is -0.920. The van der Waals surface area contributed by atoms with E-state index in [-0.39, 0.29) is 5.78 Å². The van der Waals surface area contributed by atoms with Gasteiger partial charge in [-0.05, 0) is 13.0 Å². The summed E-state index contributed by atoms with van der Waals surface area (Å²) in [5, 5.41) is 0. The molecule has 0 aromatic rings. The SMILES string of the molecule is CC(=O)C1=CCC(C)=N1. The molecule has 0 fully saturated rings. The zero-order chi connectivity index (χ0) is 6.85. The molecule has 1 heterocycles. The van der Waals surface area contributed by atoms with E-state index in [1.54, 1.807) is 0 Å². The van der Waals surface area contributed by atoms with Crippen LogP contribution in [-0.4, -0.2) is 11.5 Å². The second-order valence-corrected chi connectivity index (χ2v) is 2.20. The standard InChI is InChI=1S/C7H9NO/c1-5-3-4-7(8-5)6(2)9/h4H,3H2,1-2H3. The Balaban J connectivity index is 2.75. The zero-order valence-electron chi connectivity index (χ0n) is 5.64. The molecule has 1 aliphatic rings. The molecule has 48 valence electrons. The fraction of sp³-hybridized carbons (Fsp3) is 0.429. The van der Waals surface area contributed by atoms with Crippen molar-refractivity contribution in [2.24, 2.45) is 4.99 Å². The van der Waals surface area contributed by atoms with E-state index in [2.05, 4.69) is 4.99 Å². The Bertz CT molecular complexity index is 201. The van der Waals surface area contributed by atoms with E-state index in [1.807, 2.05) is 13.0 Å². The molecule has 9 heavy (non-hydrogen) atoms. The molecule has 0 aromatic heterocycles. The zero-order valence-corrected chi connectivity index (χ0v) is 5.64. The lowest BCUT2D eigenvalue weighted by Crippen LogP contribution is -1.89. The van der Waals surface area contributed by atoms with Crippen LogP contribution in [0.1, 0.15) is 20.3 Å². The molecule has 0 saturated heterocycles. The van der Waals surface area contributed by atoms with Crippen LogP contribution in [0.15, 0.2) is 16.8 Å². The van der Waals surface area contributed by atoms with E-state index in [0.717, 1.165) is 12.1 Å². The molecule has 0 bridgehead atoms. The van der Waals surface area contributed by atoms with E-state index in [0.29, 0.717) is 5.70 Å². The number of allylic oxidation sites excluding steroid dienone is 2. The highest BCUT2D eigenvalue weighted by molar-refractivity contribution is 6.00. The Labute approximate surface area is 54.3 Å². The lowest BCUT2D eigenvalue weighted by atomic mass is 10.3. The summed E-state index contributed by atoms with van der Waals surface area (Å²) in [6.45, 7) is 3.46. The summed E-state index contributed by atoms with van der Waals surface area (Å²) >= 11 is 0. The number of nitrogens with zero attached hydrogens (tertiary/aromatic N) is 1. The van der Waals surface area contributed by atoms with Crippen molar-refractivity contribution in [2.45, 2.75) is 20.3 Å². The maximum absolute atomic E-state index is 10.6. The number of carbonyl (C=O) groups is 1. The average molecular weight is 123 g/mol. The van der Waals surface area contributed by atoms with Crippen molar-refractivity contribution < 1.29 is 4.79 Å². The van der Waals surface area contributed by atoms with Gasteiger partial charge in [0.05, 0.1) is 0 Å². The van der Waals surface area contributed by atoms with Crippen molar-refractivity contribution in [1.29, 1.82) is 0 Å². The van der Waals surface area contributed by atoms with Gasteiger partial charge in [-0.25, -0.2) is 0 Å². The topological polar surface area (TPSA) is 29.4 Å². The van der Waals surface area contributed by atoms with Gasteiger partial charge in [-0.2, -0.15) is 0 Å². The fourth-order valence-corrected chi connectivity index (χ4v) is 0.764. The minimum atomic E-state index is 0.0619. The van der Waals surface area contributed by atoms with Crippen LogP contribution in [0.3, 0.4) is 0 Å². The summed E-state index contributed by atoms with van der Waals surface area (Å²) in [6, 6.07) is 0. The summed E-state index contributed by atoms with van der Waals surface area (Å²) < 4.78 is 0. The first-order chi connectivity index (χ1) is 4.20. The predicted molar refractivity (Wildman–Crippen MR) is 36.5 cm³/mol. The molecule has 0 aromatic carbocycles.